The zero-order chi connectivity index (χ0) is 24.0. The molecule has 0 aromatic heterocycles. The smallest absolute Gasteiger partial charge is 0.270 e. The highest BCUT2D eigenvalue weighted by molar-refractivity contribution is 7.91. The minimum Gasteiger partial charge on any atom is -0.335 e. The number of piperazine rings is 1. The van der Waals surface area contributed by atoms with Gasteiger partial charge >= 0.3 is 0 Å². The van der Waals surface area contributed by atoms with Gasteiger partial charge in [0.25, 0.3) is 5.91 Å². The third-order valence-electron chi connectivity index (χ3n) is 6.33. The Kier molecular flexibility index (Phi) is 6.36. The summed E-state index contributed by atoms with van der Waals surface area (Å²) in [6.45, 7) is 4.43. The van der Waals surface area contributed by atoms with Crippen LogP contribution in [0.2, 0.25) is 0 Å². The largest absolute Gasteiger partial charge is 0.335 e. The van der Waals surface area contributed by atoms with Crippen LogP contribution in [0.4, 0.5) is 0 Å². The van der Waals surface area contributed by atoms with Crippen molar-refractivity contribution >= 4 is 37.4 Å². The van der Waals surface area contributed by atoms with E-state index >= 15 is 0 Å². The van der Waals surface area contributed by atoms with Gasteiger partial charge in [-0.2, -0.15) is 9.41 Å². The second-order valence-electron chi connectivity index (χ2n) is 8.81. The number of carbonyl (C=O) groups excluding carboxylic acids is 2. The van der Waals surface area contributed by atoms with Gasteiger partial charge in [0.05, 0.1) is 22.4 Å². The van der Waals surface area contributed by atoms with Crippen molar-refractivity contribution in [3.8, 4) is 0 Å². The second-order valence-corrected chi connectivity index (χ2v) is 12.9. The van der Waals surface area contributed by atoms with Crippen LogP contribution in [0.15, 0.2) is 28.2 Å². The molecule has 0 bridgehead atoms. The SMILES string of the molecule is Cc1ccc(S(=O)(=O)N2CCN(C(=O)C3=NN(C4CCS(=O)(=O)C4)C(=O)CC3)CC2)c(C)c1. The van der Waals surface area contributed by atoms with Crippen LogP contribution in [0, 0.1) is 13.8 Å². The number of benzene rings is 1. The fourth-order valence-corrected chi connectivity index (χ4v) is 7.84. The van der Waals surface area contributed by atoms with Crippen LogP contribution in [0.25, 0.3) is 0 Å². The zero-order valence-electron chi connectivity index (χ0n) is 18.7. The predicted molar refractivity (Wildman–Crippen MR) is 122 cm³/mol. The first-order valence-corrected chi connectivity index (χ1v) is 14.2. The molecule has 3 aliphatic heterocycles. The molecule has 2 amide bonds. The maximum Gasteiger partial charge on any atom is 0.270 e. The molecule has 1 atom stereocenters. The molecule has 4 rings (SSSR count). The van der Waals surface area contributed by atoms with Crippen LogP contribution in [0.5, 0.6) is 0 Å². The summed E-state index contributed by atoms with van der Waals surface area (Å²) in [5.74, 6) is -0.745. The lowest BCUT2D eigenvalue weighted by Crippen LogP contribution is -2.53. The average molecular weight is 497 g/mol. The van der Waals surface area contributed by atoms with Gasteiger partial charge in [0.15, 0.2) is 9.84 Å². The average Bonchev–Trinajstić information content (AvgIpc) is 3.13. The zero-order valence-corrected chi connectivity index (χ0v) is 20.4. The molecule has 180 valence electrons. The quantitative estimate of drug-likeness (QED) is 0.591. The Morgan fingerprint density at radius 1 is 1.09 bits per heavy atom. The van der Waals surface area contributed by atoms with Crippen LogP contribution in [0.1, 0.15) is 30.4 Å². The van der Waals surface area contributed by atoms with Crippen molar-refractivity contribution in [1.82, 2.24) is 14.2 Å². The van der Waals surface area contributed by atoms with E-state index in [0.717, 1.165) is 5.56 Å². The molecule has 3 heterocycles. The third kappa shape index (κ3) is 4.82. The van der Waals surface area contributed by atoms with Crippen LogP contribution >= 0.6 is 0 Å². The molecule has 1 aromatic carbocycles. The summed E-state index contributed by atoms with van der Waals surface area (Å²) >= 11 is 0. The molecule has 33 heavy (non-hydrogen) atoms. The van der Waals surface area contributed by atoms with E-state index in [2.05, 4.69) is 5.10 Å². The molecule has 3 aliphatic rings. The summed E-state index contributed by atoms with van der Waals surface area (Å²) in [4.78, 5) is 27.2. The molecule has 2 fully saturated rings. The summed E-state index contributed by atoms with van der Waals surface area (Å²) in [6, 6.07) is 4.67. The highest BCUT2D eigenvalue weighted by atomic mass is 32.2. The van der Waals surface area contributed by atoms with E-state index in [4.69, 9.17) is 0 Å². The van der Waals surface area contributed by atoms with Gasteiger partial charge in [-0.15, -0.1) is 0 Å². The Hall–Kier alpha value is -2.31. The molecule has 0 aliphatic carbocycles. The van der Waals surface area contributed by atoms with Crippen molar-refractivity contribution in [1.29, 1.82) is 0 Å². The maximum absolute atomic E-state index is 13.1. The lowest BCUT2D eigenvalue weighted by Gasteiger charge is -2.35. The van der Waals surface area contributed by atoms with Crippen LogP contribution in [-0.2, 0) is 29.4 Å². The number of amides is 2. The fourth-order valence-electron chi connectivity index (χ4n) is 4.52. The first kappa shape index (κ1) is 23.8. The van der Waals surface area contributed by atoms with Gasteiger partial charge in [0, 0.05) is 39.0 Å². The van der Waals surface area contributed by atoms with Gasteiger partial charge in [-0.1, -0.05) is 17.7 Å². The number of sulfone groups is 1. The second kappa shape index (κ2) is 8.80. The molecule has 0 saturated carbocycles. The van der Waals surface area contributed by atoms with Crippen molar-refractivity contribution < 1.29 is 26.4 Å². The van der Waals surface area contributed by atoms with Crippen molar-refractivity contribution in [3.63, 3.8) is 0 Å². The lowest BCUT2D eigenvalue weighted by molar-refractivity contribution is -0.134. The molecule has 10 nitrogen and oxygen atoms in total. The number of hydrogen-bond acceptors (Lipinski definition) is 7. The maximum atomic E-state index is 13.1. The van der Waals surface area contributed by atoms with E-state index in [-0.39, 0.29) is 72.9 Å². The lowest BCUT2D eigenvalue weighted by atomic mass is 10.1. The Balaban J connectivity index is 1.44. The summed E-state index contributed by atoms with van der Waals surface area (Å²) in [6.07, 6.45) is 0.602. The van der Waals surface area contributed by atoms with Crippen molar-refractivity contribution in [2.24, 2.45) is 5.10 Å². The van der Waals surface area contributed by atoms with E-state index < -0.39 is 25.9 Å². The standard InChI is InChI=1S/C21H28N4O6S2/c1-15-3-5-19(16(2)13-15)33(30,31)24-10-8-23(9-11-24)21(27)18-4-6-20(26)25(22-18)17-7-12-32(28,29)14-17/h3,5,13,17H,4,6-12,14H2,1-2H3. The van der Waals surface area contributed by atoms with Gasteiger partial charge in [-0.3, -0.25) is 9.59 Å². The highest BCUT2D eigenvalue weighted by Gasteiger charge is 2.38. The van der Waals surface area contributed by atoms with Crippen LogP contribution in [-0.4, -0.2) is 92.3 Å². The minimum absolute atomic E-state index is 0.0110. The molecular weight excluding hydrogens is 468 g/mol. The molecular formula is C21H28N4O6S2. The number of rotatable bonds is 4. The van der Waals surface area contributed by atoms with Crippen LogP contribution in [0.3, 0.4) is 0 Å². The van der Waals surface area contributed by atoms with E-state index in [1.54, 1.807) is 24.0 Å². The summed E-state index contributed by atoms with van der Waals surface area (Å²) < 4.78 is 51.1. The highest BCUT2D eigenvalue weighted by Crippen LogP contribution is 2.24. The third-order valence-corrected chi connectivity index (χ3v) is 10.1. The molecule has 1 aromatic rings. The number of hydrazone groups is 1. The summed E-state index contributed by atoms with van der Waals surface area (Å²) in [7, 11) is -6.86. The minimum atomic E-state index is -3.67. The molecule has 2 saturated heterocycles. The Morgan fingerprint density at radius 3 is 2.39 bits per heavy atom. The van der Waals surface area contributed by atoms with Crippen molar-refractivity contribution in [2.45, 2.75) is 44.0 Å². The Bertz CT molecular complexity index is 1220. The first-order chi connectivity index (χ1) is 15.5. The summed E-state index contributed by atoms with van der Waals surface area (Å²) in [5, 5.41) is 5.40. The van der Waals surface area contributed by atoms with Gasteiger partial charge in [-0.05, 0) is 31.9 Å². The van der Waals surface area contributed by atoms with E-state index in [1.165, 1.54) is 9.31 Å². The number of sulfonamides is 1. The topological polar surface area (TPSA) is 124 Å². The number of hydrogen-bond donors (Lipinski definition) is 0. The Labute approximate surface area is 194 Å². The Morgan fingerprint density at radius 2 is 1.79 bits per heavy atom. The molecule has 1 unspecified atom stereocenters. The first-order valence-electron chi connectivity index (χ1n) is 10.9. The van der Waals surface area contributed by atoms with Gasteiger partial charge in [0.1, 0.15) is 5.71 Å². The number of nitrogens with zero attached hydrogens (tertiary/aromatic N) is 4. The molecule has 12 heteroatoms. The van der Waals surface area contributed by atoms with Gasteiger partial charge in [-0.25, -0.2) is 21.8 Å². The normalized spacial score (nSPS) is 24.1. The van der Waals surface area contributed by atoms with Crippen LogP contribution < -0.4 is 0 Å². The summed E-state index contributed by atoms with van der Waals surface area (Å²) in [5.41, 5.74) is 1.88. The fraction of sp³-hybridized carbons (Fsp3) is 0.571. The number of carbonyl (C=O) groups is 2. The predicted octanol–water partition coefficient (Wildman–Crippen LogP) is 0.302. The van der Waals surface area contributed by atoms with E-state index in [1.807, 2.05) is 13.0 Å². The molecule has 0 N–H and O–H groups in total. The van der Waals surface area contributed by atoms with Crippen molar-refractivity contribution in [3.05, 3.63) is 29.3 Å². The van der Waals surface area contributed by atoms with E-state index in [9.17, 15) is 26.4 Å². The van der Waals surface area contributed by atoms with E-state index in [0.29, 0.717) is 12.0 Å². The van der Waals surface area contributed by atoms with Gasteiger partial charge < -0.3 is 4.90 Å². The molecule has 0 radical (unpaired) electrons. The molecule has 0 spiro atoms. The van der Waals surface area contributed by atoms with Crippen molar-refractivity contribution in [2.75, 3.05) is 37.7 Å². The number of aryl methyl sites for hydroxylation is 2. The van der Waals surface area contributed by atoms with Gasteiger partial charge in [0.2, 0.25) is 15.9 Å². The monoisotopic (exact) mass is 496 g/mol.